The Balaban J connectivity index is 1.54. The van der Waals surface area contributed by atoms with Crippen molar-refractivity contribution in [2.45, 2.75) is 19.5 Å². The summed E-state index contributed by atoms with van der Waals surface area (Å²) in [7, 11) is 0. The minimum atomic E-state index is -0.268. The average molecular weight is 469 g/mol. The third-order valence-corrected chi connectivity index (χ3v) is 7.27. The van der Waals surface area contributed by atoms with Crippen LogP contribution in [0.3, 0.4) is 0 Å². The zero-order valence-corrected chi connectivity index (χ0v) is 18.0. The number of amides is 1. The summed E-state index contributed by atoms with van der Waals surface area (Å²) >= 11 is 5.22. The summed E-state index contributed by atoms with van der Waals surface area (Å²) in [6.07, 6.45) is 0.866. The van der Waals surface area contributed by atoms with Crippen LogP contribution < -0.4 is 0 Å². The van der Waals surface area contributed by atoms with Crippen molar-refractivity contribution in [3.8, 4) is 0 Å². The highest BCUT2D eigenvalue weighted by Crippen LogP contribution is 2.34. The first-order chi connectivity index (χ1) is 14.1. The molecule has 0 saturated heterocycles. The van der Waals surface area contributed by atoms with Crippen LogP contribution >= 0.6 is 27.3 Å². The minimum absolute atomic E-state index is 0.0196. The lowest BCUT2D eigenvalue weighted by Crippen LogP contribution is -2.37. The van der Waals surface area contributed by atoms with Crippen molar-refractivity contribution in [2.75, 3.05) is 6.54 Å². The van der Waals surface area contributed by atoms with Crippen molar-refractivity contribution in [1.29, 1.82) is 0 Å². The second kappa shape index (κ2) is 7.43. The molecule has 0 N–H and O–H groups in total. The molecular formula is C23H18BrFN2OS. The smallest absolute Gasteiger partial charge is 0.270 e. The van der Waals surface area contributed by atoms with Crippen molar-refractivity contribution in [1.82, 2.24) is 9.47 Å². The lowest BCUT2D eigenvalue weighted by Gasteiger charge is -2.29. The second-order valence-electron chi connectivity index (χ2n) is 7.29. The number of fused-ring (bicyclic) bond motifs is 2. The maximum atomic E-state index is 13.7. The fourth-order valence-electron chi connectivity index (χ4n) is 4.02. The second-order valence-corrected chi connectivity index (χ2v) is 9.05. The van der Waals surface area contributed by atoms with Crippen LogP contribution in [0.15, 0.2) is 64.5 Å². The maximum absolute atomic E-state index is 13.7. The molecule has 0 fully saturated rings. The summed E-state index contributed by atoms with van der Waals surface area (Å²) in [5.74, 6) is -0.248. The van der Waals surface area contributed by atoms with Gasteiger partial charge in [-0.1, -0.05) is 36.4 Å². The number of thiophene rings is 1. The summed E-state index contributed by atoms with van der Waals surface area (Å²) in [6.45, 7) is 1.77. The van der Waals surface area contributed by atoms with Gasteiger partial charge in [0.05, 0.1) is 14.7 Å². The first-order valence-corrected chi connectivity index (χ1v) is 11.1. The molecule has 6 heteroatoms. The van der Waals surface area contributed by atoms with Gasteiger partial charge in [0.25, 0.3) is 5.91 Å². The Labute approximate surface area is 180 Å². The third kappa shape index (κ3) is 3.40. The normalized spacial score (nSPS) is 13.7. The molecule has 2 aromatic carbocycles. The molecule has 0 saturated carbocycles. The van der Waals surface area contributed by atoms with Gasteiger partial charge in [0.2, 0.25) is 0 Å². The van der Waals surface area contributed by atoms with E-state index >= 15 is 0 Å². The van der Waals surface area contributed by atoms with Crippen molar-refractivity contribution < 1.29 is 9.18 Å². The summed E-state index contributed by atoms with van der Waals surface area (Å²) < 4.78 is 17.7. The number of halogens is 2. The Hall–Kier alpha value is -2.44. The van der Waals surface area contributed by atoms with Crippen molar-refractivity contribution in [3.05, 3.63) is 92.7 Å². The molecule has 4 aromatic rings. The lowest BCUT2D eigenvalue weighted by atomic mass is 10.00. The van der Waals surface area contributed by atoms with E-state index in [1.165, 1.54) is 23.3 Å². The molecule has 0 spiro atoms. The molecule has 3 nitrogen and oxygen atoms in total. The van der Waals surface area contributed by atoms with Gasteiger partial charge in [-0.15, -0.1) is 11.3 Å². The number of hydrogen-bond acceptors (Lipinski definition) is 2. The molecule has 0 atom stereocenters. The number of aromatic nitrogens is 1. The van der Waals surface area contributed by atoms with Crippen molar-refractivity contribution in [3.63, 3.8) is 0 Å². The number of carbonyl (C=O) groups is 1. The maximum Gasteiger partial charge on any atom is 0.270 e. The van der Waals surface area contributed by atoms with Gasteiger partial charge >= 0.3 is 0 Å². The largest absolute Gasteiger partial charge is 0.333 e. The predicted octanol–water partition coefficient (Wildman–Crippen LogP) is 5.85. The van der Waals surface area contributed by atoms with E-state index in [2.05, 4.69) is 28.1 Å². The molecule has 0 radical (unpaired) electrons. The van der Waals surface area contributed by atoms with Gasteiger partial charge in [0, 0.05) is 25.0 Å². The van der Waals surface area contributed by atoms with E-state index in [-0.39, 0.29) is 11.7 Å². The quantitative estimate of drug-likeness (QED) is 0.370. The van der Waals surface area contributed by atoms with E-state index in [1.807, 2.05) is 39.1 Å². The van der Waals surface area contributed by atoms with Gasteiger partial charge in [0.1, 0.15) is 11.5 Å². The van der Waals surface area contributed by atoms with Crippen LogP contribution in [-0.4, -0.2) is 21.9 Å². The molecule has 5 rings (SSSR count). The van der Waals surface area contributed by atoms with Gasteiger partial charge in [-0.25, -0.2) is 4.39 Å². The van der Waals surface area contributed by atoms with E-state index in [0.29, 0.717) is 25.3 Å². The SMILES string of the molecule is O=C(c1cc2scc(Br)c2n1Cc1cccc(F)c1)N1CCc2ccccc2C1. The van der Waals surface area contributed by atoms with Crippen LogP contribution in [0.2, 0.25) is 0 Å². The average Bonchev–Trinajstić information content (AvgIpc) is 3.27. The molecule has 1 amide bonds. The fraction of sp³-hybridized carbons (Fsp3) is 0.174. The monoisotopic (exact) mass is 468 g/mol. The molecule has 2 aromatic heterocycles. The Kier molecular flexibility index (Phi) is 4.76. The third-order valence-electron chi connectivity index (χ3n) is 5.44. The van der Waals surface area contributed by atoms with Crippen molar-refractivity contribution >= 4 is 43.4 Å². The molecule has 29 heavy (non-hydrogen) atoms. The Morgan fingerprint density at radius 1 is 1.10 bits per heavy atom. The standard InChI is InChI=1S/C23H18BrFN2OS/c24-19-14-29-21-11-20(27(22(19)21)12-15-4-3-7-18(25)10-15)23(28)26-9-8-16-5-1-2-6-17(16)13-26/h1-7,10-11,14H,8-9,12-13H2. The summed E-state index contributed by atoms with van der Waals surface area (Å²) in [6, 6.07) is 16.8. The number of nitrogens with zero attached hydrogens (tertiary/aromatic N) is 2. The molecular weight excluding hydrogens is 451 g/mol. The molecule has 1 aliphatic rings. The predicted molar refractivity (Wildman–Crippen MR) is 118 cm³/mol. The number of carbonyl (C=O) groups excluding carboxylic acids is 1. The highest BCUT2D eigenvalue weighted by Gasteiger charge is 2.26. The number of benzene rings is 2. The molecule has 3 heterocycles. The molecule has 0 bridgehead atoms. The van der Waals surface area contributed by atoms with Crippen LogP contribution in [0.4, 0.5) is 4.39 Å². The van der Waals surface area contributed by atoms with E-state index < -0.39 is 0 Å². The Bertz CT molecular complexity index is 1230. The zero-order chi connectivity index (χ0) is 20.0. The van der Waals surface area contributed by atoms with Crippen LogP contribution in [0.5, 0.6) is 0 Å². The fourth-order valence-corrected chi connectivity index (χ4v) is 5.71. The van der Waals surface area contributed by atoms with Crippen LogP contribution in [-0.2, 0) is 19.5 Å². The molecule has 0 unspecified atom stereocenters. The Morgan fingerprint density at radius 2 is 1.93 bits per heavy atom. The van der Waals surface area contributed by atoms with Gasteiger partial charge in [-0.05, 0) is 57.2 Å². The lowest BCUT2D eigenvalue weighted by molar-refractivity contribution is 0.0724. The molecule has 146 valence electrons. The first kappa shape index (κ1) is 18.6. The van der Waals surface area contributed by atoms with Crippen LogP contribution in [0, 0.1) is 5.82 Å². The van der Waals surface area contributed by atoms with Gasteiger partial charge in [-0.3, -0.25) is 4.79 Å². The zero-order valence-electron chi connectivity index (χ0n) is 15.6. The Morgan fingerprint density at radius 3 is 2.76 bits per heavy atom. The van der Waals surface area contributed by atoms with E-state index in [9.17, 15) is 9.18 Å². The number of rotatable bonds is 3. The van der Waals surface area contributed by atoms with E-state index in [4.69, 9.17) is 0 Å². The first-order valence-electron chi connectivity index (χ1n) is 9.47. The van der Waals surface area contributed by atoms with Gasteiger partial charge in [0.15, 0.2) is 0 Å². The van der Waals surface area contributed by atoms with Crippen LogP contribution in [0.1, 0.15) is 27.2 Å². The van der Waals surface area contributed by atoms with Crippen LogP contribution in [0.25, 0.3) is 10.2 Å². The van der Waals surface area contributed by atoms with E-state index in [1.54, 1.807) is 17.4 Å². The minimum Gasteiger partial charge on any atom is -0.333 e. The molecule has 0 aliphatic carbocycles. The summed E-state index contributed by atoms with van der Waals surface area (Å²) in [5.41, 5.74) is 4.99. The van der Waals surface area contributed by atoms with Gasteiger partial charge < -0.3 is 9.47 Å². The van der Waals surface area contributed by atoms with Crippen molar-refractivity contribution in [2.24, 2.45) is 0 Å². The van der Waals surface area contributed by atoms with E-state index in [0.717, 1.165) is 26.7 Å². The summed E-state index contributed by atoms with van der Waals surface area (Å²) in [5, 5.41) is 2.03. The highest BCUT2D eigenvalue weighted by molar-refractivity contribution is 9.10. The highest BCUT2D eigenvalue weighted by atomic mass is 79.9. The number of hydrogen-bond donors (Lipinski definition) is 0. The molecule has 1 aliphatic heterocycles. The summed E-state index contributed by atoms with van der Waals surface area (Å²) in [4.78, 5) is 15.4. The van der Waals surface area contributed by atoms with Gasteiger partial charge in [-0.2, -0.15) is 0 Å². The topological polar surface area (TPSA) is 25.2 Å².